The van der Waals surface area contributed by atoms with Gasteiger partial charge in [-0.15, -0.1) is 0 Å². The lowest BCUT2D eigenvalue weighted by Crippen LogP contribution is -2.30. The van der Waals surface area contributed by atoms with Gasteiger partial charge in [0, 0.05) is 18.7 Å². The molecule has 1 amide bonds. The molecule has 4 rings (SSSR count). The highest BCUT2D eigenvalue weighted by Gasteiger charge is 2.33. The topological polar surface area (TPSA) is 67.8 Å². The SMILES string of the molecule is COc1nc(OC)c2c(n1)N(c1ccccc1)CCC(=O)N2Cc1ccccc1. The standard InChI is InChI=1S/C22H22N4O3/c1-28-21-19-20(23-22(24-21)29-2)25(17-11-7-4-8-12-17)14-13-18(27)26(19)15-16-9-5-3-6-10-16/h3-12H,13-15H2,1-2H3. The molecule has 1 aromatic heterocycles. The average Bonchev–Trinajstić information content (AvgIpc) is 2.91. The fraction of sp³-hybridized carbons (Fsp3) is 0.227. The Hall–Kier alpha value is -3.61. The van der Waals surface area contributed by atoms with Crippen LogP contribution in [0.1, 0.15) is 12.0 Å². The molecule has 2 aromatic carbocycles. The van der Waals surface area contributed by atoms with Crippen molar-refractivity contribution in [1.29, 1.82) is 0 Å². The Labute approximate surface area is 169 Å². The number of nitrogens with zero attached hydrogens (tertiary/aromatic N) is 4. The lowest BCUT2D eigenvalue weighted by atomic mass is 10.2. The summed E-state index contributed by atoms with van der Waals surface area (Å²) in [5.41, 5.74) is 2.49. The summed E-state index contributed by atoms with van der Waals surface area (Å²) in [5, 5.41) is 0. The molecule has 0 aliphatic carbocycles. The van der Waals surface area contributed by atoms with Crippen LogP contribution >= 0.6 is 0 Å². The molecular weight excluding hydrogens is 368 g/mol. The highest BCUT2D eigenvalue weighted by atomic mass is 16.5. The number of carbonyl (C=O) groups is 1. The van der Waals surface area contributed by atoms with E-state index in [-0.39, 0.29) is 11.9 Å². The summed E-state index contributed by atoms with van der Waals surface area (Å²) in [5.74, 6) is 0.876. The van der Waals surface area contributed by atoms with Crippen LogP contribution in [0.25, 0.3) is 0 Å². The van der Waals surface area contributed by atoms with Crippen molar-refractivity contribution in [3.63, 3.8) is 0 Å². The van der Waals surface area contributed by atoms with Gasteiger partial charge in [-0.25, -0.2) is 0 Å². The average molecular weight is 390 g/mol. The zero-order valence-electron chi connectivity index (χ0n) is 16.4. The first kappa shape index (κ1) is 18.7. The minimum atomic E-state index is -0.0133. The van der Waals surface area contributed by atoms with E-state index in [2.05, 4.69) is 9.97 Å². The van der Waals surface area contributed by atoms with E-state index in [1.807, 2.05) is 65.6 Å². The van der Waals surface area contributed by atoms with Crippen molar-refractivity contribution in [3.8, 4) is 11.9 Å². The first-order valence-electron chi connectivity index (χ1n) is 9.38. The highest BCUT2D eigenvalue weighted by molar-refractivity contribution is 6.00. The predicted molar refractivity (Wildman–Crippen MR) is 111 cm³/mol. The maximum atomic E-state index is 13.1. The van der Waals surface area contributed by atoms with E-state index in [0.29, 0.717) is 36.9 Å². The van der Waals surface area contributed by atoms with Crippen LogP contribution in [-0.2, 0) is 11.3 Å². The normalized spacial score (nSPS) is 13.7. The monoisotopic (exact) mass is 390 g/mol. The molecular formula is C22H22N4O3. The van der Waals surface area contributed by atoms with Crippen LogP contribution in [-0.4, -0.2) is 36.6 Å². The van der Waals surface area contributed by atoms with Crippen LogP contribution in [0.3, 0.4) is 0 Å². The van der Waals surface area contributed by atoms with Gasteiger partial charge in [0.1, 0.15) is 0 Å². The Morgan fingerprint density at radius 1 is 0.931 bits per heavy atom. The molecule has 1 aliphatic rings. The number of hydrogen-bond donors (Lipinski definition) is 0. The van der Waals surface area contributed by atoms with Gasteiger partial charge in [0.2, 0.25) is 11.8 Å². The van der Waals surface area contributed by atoms with E-state index < -0.39 is 0 Å². The van der Waals surface area contributed by atoms with Crippen molar-refractivity contribution < 1.29 is 14.3 Å². The minimum absolute atomic E-state index is 0.0133. The van der Waals surface area contributed by atoms with Crippen LogP contribution in [0.5, 0.6) is 11.9 Å². The van der Waals surface area contributed by atoms with Crippen molar-refractivity contribution >= 4 is 23.1 Å². The molecule has 0 bridgehead atoms. The van der Waals surface area contributed by atoms with E-state index in [4.69, 9.17) is 9.47 Å². The van der Waals surface area contributed by atoms with Gasteiger partial charge < -0.3 is 19.3 Å². The van der Waals surface area contributed by atoms with E-state index in [1.165, 1.54) is 14.2 Å². The van der Waals surface area contributed by atoms with E-state index >= 15 is 0 Å². The Morgan fingerprint density at radius 3 is 2.28 bits per heavy atom. The van der Waals surface area contributed by atoms with Crippen molar-refractivity contribution in [1.82, 2.24) is 9.97 Å². The third kappa shape index (κ3) is 3.71. The highest BCUT2D eigenvalue weighted by Crippen LogP contribution is 2.42. The van der Waals surface area contributed by atoms with Crippen LogP contribution in [0.2, 0.25) is 0 Å². The molecule has 148 valence electrons. The number of ether oxygens (including phenoxy) is 2. The molecule has 0 radical (unpaired) electrons. The second-order valence-corrected chi connectivity index (χ2v) is 6.59. The number of anilines is 3. The molecule has 0 N–H and O–H groups in total. The molecule has 0 fully saturated rings. The summed E-state index contributed by atoms with van der Waals surface area (Å²) in [4.78, 5) is 25.8. The molecule has 1 aliphatic heterocycles. The van der Waals surface area contributed by atoms with E-state index in [0.717, 1.165) is 11.3 Å². The van der Waals surface area contributed by atoms with Gasteiger partial charge in [0.15, 0.2) is 11.5 Å². The summed E-state index contributed by atoms with van der Waals surface area (Å²) in [7, 11) is 3.04. The number of methoxy groups -OCH3 is 2. The van der Waals surface area contributed by atoms with Gasteiger partial charge in [0.25, 0.3) is 0 Å². The molecule has 0 saturated carbocycles. The van der Waals surface area contributed by atoms with Crippen molar-refractivity contribution in [2.75, 3.05) is 30.6 Å². The molecule has 3 aromatic rings. The van der Waals surface area contributed by atoms with Gasteiger partial charge in [0.05, 0.1) is 20.8 Å². The van der Waals surface area contributed by atoms with E-state index in [1.54, 1.807) is 4.90 Å². The Kier molecular flexibility index (Phi) is 5.29. The molecule has 29 heavy (non-hydrogen) atoms. The van der Waals surface area contributed by atoms with Crippen molar-refractivity contribution in [2.45, 2.75) is 13.0 Å². The zero-order valence-corrected chi connectivity index (χ0v) is 16.4. The maximum Gasteiger partial charge on any atom is 0.321 e. The fourth-order valence-corrected chi connectivity index (χ4v) is 3.43. The smallest absolute Gasteiger partial charge is 0.321 e. The number of aromatic nitrogens is 2. The first-order chi connectivity index (χ1) is 14.2. The third-order valence-electron chi connectivity index (χ3n) is 4.82. The summed E-state index contributed by atoms with van der Waals surface area (Å²) in [6.45, 7) is 0.895. The van der Waals surface area contributed by atoms with Gasteiger partial charge >= 0.3 is 6.01 Å². The molecule has 7 heteroatoms. The number of carbonyl (C=O) groups excluding carboxylic acids is 1. The summed E-state index contributed by atoms with van der Waals surface area (Å²) in [6.07, 6.45) is 0.337. The van der Waals surface area contributed by atoms with Crippen molar-refractivity contribution in [2.24, 2.45) is 0 Å². The molecule has 7 nitrogen and oxygen atoms in total. The number of benzene rings is 2. The number of rotatable bonds is 5. The number of hydrogen-bond acceptors (Lipinski definition) is 6. The summed E-state index contributed by atoms with van der Waals surface area (Å²) >= 11 is 0. The second kappa shape index (κ2) is 8.18. The zero-order chi connectivity index (χ0) is 20.2. The third-order valence-corrected chi connectivity index (χ3v) is 4.82. The minimum Gasteiger partial charge on any atom is -0.479 e. The maximum absolute atomic E-state index is 13.1. The number of amides is 1. The fourth-order valence-electron chi connectivity index (χ4n) is 3.43. The molecule has 0 atom stereocenters. The molecule has 2 heterocycles. The van der Waals surface area contributed by atoms with Gasteiger partial charge in [-0.3, -0.25) is 4.79 Å². The number of para-hydroxylation sites is 1. The summed E-state index contributed by atoms with van der Waals surface area (Å²) < 4.78 is 10.9. The van der Waals surface area contributed by atoms with Crippen LogP contribution in [0.15, 0.2) is 60.7 Å². The van der Waals surface area contributed by atoms with E-state index in [9.17, 15) is 4.79 Å². The largest absolute Gasteiger partial charge is 0.479 e. The second-order valence-electron chi connectivity index (χ2n) is 6.59. The Balaban J connectivity index is 1.89. The first-order valence-corrected chi connectivity index (χ1v) is 9.38. The molecule has 0 unspecified atom stereocenters. The molecule has 0 spiro atoms. The predicted octanol–water partition coefficient (Wildman–Crippen LogP) is 3.57. The lowest BCUT2D eigenvalue weighted by molar-refractivity contribution is -0.118. The number of fused-ring (bicyclic) bond motifs is 1. The van der Waals surface area contributed by atoms with Crippen LogP contribution in [0.4, 0.5) is 17.2 Å². The Bertz CT molecular complexity index is 996. The van der Waals surface area contributed by atoms with Gasteiger partial charge in [-0.2, -0.15) is 9.97 Å². The van der Waals surface area contributed by atoms with Crippen LogP contribution in [0, 0.1) is 0 Å². The molecule has 0 saturated heterocycles. The van der Waals surface area contributed by atoms with Crippen molar-refractivity contribution in [3.05, 3.63) is 66.2 Å². The van der Waals surface area contributed by atoms with Gasteiger partial charge in [-0.1, -0.05) is 48.5 Å². The lowest BCUT2D eigenvalue weighted by Gasteiger charge is -2.27. The van der Waals surface area contributed by atoms with Gasteiger partial charge in [-0.05, 0) is 17.7 Å². The quantitative estimate of drug-likeness (QED) is 0.664. The summed E-state index contributed by atoms with van der Waals surface area (Å²) in [6, 6.07) is 19.9. The Morgan fingerprint density at radius 2 is 1.62 bits per heavy atom. The van der Waals surface area contributed by atoms with Crippen LogP contribution < -0.4 is 19.3 Å².